The molecule has 6 nitrogen and oxygen atoms in total. The maximum absolute atomic E-state index is 13.2. The van der Waals surface area contributed by atoms with Gasteiger partial charge >= 0.3 is 0 Å². The number of amides is 1. The van der Waals surface area contributed by atoms with Crippen LogP contribution in [0.3, 0.4) is 0 Å². The summed E-state index contributed by atoms with van der Waals surface area (Å²) in [5, 5.41) is 7.87. The molecule has 5 rings (SSSR count). The smallest absolute Gasteiger partial charge is 0.222 e. The van der Waals surface area contributed by atoms with Crippen molar-refractivity contribution in [3.8, 4) is 0 Å². The van der Waals surface area contributed by atoms with Crippen LogP contribution in [0.2, 0.25) is 0 Å². The Labute approximate surface area is 212 Å². The molecule has 35 heavy (non-hydrogen) atoms. The van der Waals surface area contributed by atoms with Crippen molar-refractivity contribution in [2.45, 2.75) is 29.9 Å². The molecule has 2 aliphatic rings. The third kappa shape index (κ3) is 6.47. The highest BCUT2D eigenvalue weighted by atomic mass is 32.2. The standard InChI is InChI=1S/C28H34N4O2S/c33-28(32-15-13-31(14-16-32)25-7-3-1-4-8-25)18-22-11-12-29-20-23(22)17-24-19-26(34-30-24)21-35-27-9-5-2-6-10-27/h1-10,19,22-23,29H,11-18,20-21H2/t22-,23+/m1/s1. The molecular weight excluding hydrogens is 456 g/mol. The SMILES string of the molecule is O=C(C[C@H]1CCNC[C@@H]1Cc1cc(CSc2ccccc2)on1)N1CCN(c2ccccc2)CC1. The van der Waals surface area contributed by atoms with Gasteiger partial charge in [0.2, 0.25) is 5.91 Å². The number of rotatable bonds is 8. The summed E-state index contributed by atoms with van der Waals surface area (Å²) in [5.74, 6) is 2.76. The maximum atomic E-state index is 13.2. The lowest BCUT2D eigenvalue weighted by Crippen LogP contribution is -2.50. The van der Waals surface area contributed by atoms with Crippen molar-refractivity contribution in [1.29, 1.82) is 0 Å². The van der Waals surface area contributed by atoms with Gasteiger partial charge in [0.05, 0.1) is 11.4 Å². The van der Waals surface area contributed by atoms with Gasteiger partial charge in [0, 0.05) is 49.2 Å². The number of benzene rings is 2. The molecule has 0 unspecified atom stereocenters. The largest absolute Gasteiger partial charge is 0.368 e. The molecule has 1 amide bonds. The van der Waals surface area contributed by atoms with Gasteiger partial charge in [-0.1, -0.05) is 41.6 Å². The van der Waals surface area contributed by atoms with Gasteiger partial charge in [-0.2, -0.15) is 0 Å². The normalized spacial score (nSPS) is 20.7. The Morgan fingerprint density at radius 2 is 1.74 bits per heavy atom. The minimum Gasteiger partial charge on any atom is -0.368 e. The minimum absolute atomic E-state index is 0.301. The van der Waals surface area contributed by atoms with Crippen molar-refractivity contribution >= 4 is 23.4 Å². The van der Waals surface area contributed by atoms with E-state index < -0.39 is 0 Å². The zero-order valence-electron chi connectivity index (χ0n) is 20.1. The fourth-order valence-corrected chi connectivity index (χ4v) is 5.95. The van der Waals surface area contributed by atoms with Gasteiger partial charge in [-0.15, -0.1) is 11.8 Å². The van der Waals surface area contributed by atoms with Gasteiger partial charge in [-0.05, 0) is 62.0 Å². The summed E-state index contributed by atoms with van der Waals surface area (Å²) in [6.45, 7) is 5.31. The molecule has 2 fully saturated rings. The number of carbonyl (C=O) groups excluding carboxylic acids is 1. The second kappa shape index (κ2) is 11.8. The predicted octanol–water partition coefficient (Wildman–Crippen LogP) is 4.47. The average molecular weight is 491 g/mol. The number of piperidine rings is 1. The topological polar surface area (TPSA) is 61.6 Å². The monoisotopic (exact) mass is 490 g/mol. The van der Waals surface area contributed by atoms with Crippen LogP contribution < -0.4 is 10.2 Å². The molecule has 2 atom stereocenters. The van der Waals surface area contributed by atoms with Crippen molar-refractivity contribution in [3.05, 3.63) is 78.2 Å². The van der Waals surface area contributed by atoms with E-state index in [1.807, 2.05) is 12.1 Å². The highest BCUT2D eigenvalue weighted by Crippen LogP contribution is 2.29. The number of hydrogen-bond donors (Lipinski definition) is 1. The first kappa shape index (κ1) is 23.9. The summed E-state index contributed by atoms with van der Waals surface area (Å²) in [5.41, 5.74) is 2.24. The molecule has 3 heterocycles. The second-order valence-electron chi connectivity index (χ2n) is 9.51. The lowest BCUT2D eigenvalue weighted by Gasteiger charge is -2.38. The van der Waals surface area contributed by atoms with E-state index >= 15 is 0 Å². The first-order chi connectivity index (χ1) is 17.2. The molecule has 2 aliphatic heterocycles. The quantitative estimate of drug-likeness (QED) is 0.470. The number of piperazine rings is 1. The number of nitrogens with one attached hydrogen (secondary N) is 1. The van der Waals surface area contributed by atoms with E-state index in [2.05, 4.69) is 74.9 Å². The zero-order valence-corrected chi connectivity index (χ0v) is 21.0. The summed E-state index contributed by atoms with van der Waals surface area (Å²) >= 11 is 1.76. The molecule has 184 valence electrons. The zero-order chi connectivity index (χ0) is 23.9. The first-order valence-electron chi connectivity index (χ1n) is 12.7. The Morgan fingerprint density at radius 1 is 1.00 bits per heavy atom. The number of hydrogen-bond acceptors (Lipinski definition) is 6. The number of nitrogens with zero attached hydrogens (tertiary/aromatic N) is 3. The third-order valence-corrected chi connectivity index (χ3v) is 8.19. The molecule has 0 saturated carbocycles. The van der Waals surface area contributed by atoms with E-state index in [9.17, 15) is 4.79 Å². The number of para-hydroxylation sites is 1. The lowest BCUT2D eigenvalue weighted by atomic mass is 9.81. The van der Waals surface area contributed by atoms with Crippen LogP contribution in [-0.2, 0) is 17.0 Å². The van der Waals surface area contributed by atoms with Crippen molar-refractivity contribution in [2.75, 3.05) is 44.2 Å². The molecule has 0 spiro atoms. The number of thioether (sulfide) groups is 1. The van der Waals surface area contributed by atoms with Crippen molar-refractivity contribution in [1.82, 2.24) is 15.4 Å². The summed E-state index contributed by atoms with van der Waals surface area (Å²) in [6, 6.07) is 22.9. The Hall–Kier alpha value is -2.77. The van der Waals surface area contributed by atoms with E-state index in [-0.39, 0.29) is 0 Å². The van der Waals surface area contributed by atoms with Crippen molar-refractivity contribution in [2.24, 2.45) is 11.8 Å². The fraction of sp³-hybridized carbons (Fsp3) is 0.429. The van der Waals surface area contributed by atoms with Crippen LogP contribution in [0.4, 0.5) is 5.69 Å². The average Bonchev–Trinajstić information content (AvgIpc) is 3.37. The van der Waals surface area contributed by atoms with Crippen LogP contribution in [0.15, 0.2) is 76.1 Å². The lowest BCUT2D eigenvalue weighted by molar-refractivity contribution is -0.133. The van der Waals surface area contributed by atoms with E-state index in [1.165, 1.54) is 10.6 Å². The summed E-state index contributed by atoms with van der Waals surface area (Å²) in [7, 11) is 0. The molecule has 1 N–H and O–H groups in total. The highest BCUT2D eigenvalue weighted by Gasteiger charge is 2.30. The van der Waals surface area contributed by atoms with Gasteiger partial charge < -0.3 is 19.6 Å². The van der Waals surface area contributed by atoms with E-state index in [4.69, 9.17) is 4.52 Å². The van der Waals surface area contributed by atoms with Crippen molar-refractivity contribution < 1.29 is 9.32 Å². The molecule has 0 bridgehead atoms. The van der Waals surface area contributed by atoms with Gasteiger partial charge in [0.25, 0.3) is 0 Å². The first-order valence-corrected chi connectivity index (χ1v) is 13.6. The number of carbonyl (C=O) groups is 1. The molecule has 3 aromatic rings. The van der Waals surface area contributed by atoms with E-state index in [0.717, 1.165) is 69.3 Å². The second-order valence-corrected chi connectivity index (χ2v) is 10.6. The van der Waals surface area contributed by atoms with E-state index in [0.29, 0.717) is 24.2 Å². The Bertz CT molecular complexity index is 1070. The minimum atomic E-state index is 0.301. The van der Waals surface area contributed by atoms with Crippen LogP contribution in [-0.4, -0.2) is 55.2 Å². The van der Waals surface area contributed by atoms with Crippen molar-refractivity contribution in [3.63, 3.8) is 0 Å². The molecule has 0 radical (unpaired) electrons. The molecule has 2 saturated heterocycles. The van der Waals surface area contributed by atoms with Crippen LogP contribution >= 0.6 is 11.8 Å². The molecule has 0 aliphatic carbocycles. The summed E-state index contributed by atoms with van der Waals surface area (Å²) in [4.78, 5) is 18.8. The van der Waals surface area contributed by atoms with Crippen LogP contribution in [0.25, 0.3) is 0 Å². The Morgan fingerprint density at radius 3 is 2.51 bits per heavy atom. The Kier molecular flexibility index (Phi) is 8.06. The molecule has 2 aromatic carbocycles. The molecular formula is C28H34N4O2S. The Balaban J connectivity index is 1.12. The predicted molar refractivity (Wildman–Crippen MR) is 141 cm³/mol. The maximum Gasteiger partial charge on any atom is 0.222 e. The van der Waals surface area contributed by atoms with Gasteiger partial charge in [-0.25, -0.2) is 0 Å². The fourth-order valence-electron chi connectivity index (χ4n) is 5.15. The number of aromatic nitrogens is 1. The van der Waals surface area contributed by atoms with Crippen LogP contribution in [0.1, 0.15) is 24.3 Å². The number of anilines is 1. The van der Waals surface area contributed by atoms with Gasteiger partial charge in [0.15, 0.2) is 0 Å². The highest BCUT2D eigenvalue weighted by molar-refractivity contribution is 7.98. The van der Waals surface area contributed by atoms with Gasteiger partial charge in [0.1, 0.15) is 5.76 Å². The third-order valence-electron chi connectivity index (χ3n) is 7.16. The molecule has 1 aromatic heterocycles. The summed E-state index contributed by atoms with van der Waals surface area (Å²) < 4.78 is 5.61. The van der Waals surface area contributed by atoms with Gasteiger partial charge in [-0.3, -0.25) is 4.79 Å². The van der Waals surface area contributed by atoms with Crippen LogP contribution in [0.5, 0.6) is 0 Å². The van der Waals surface area contributed by atoms with E-state index in [1.54, 1.807) is 11.8 Å². The molecule has 7 heteroatoms. The van der Waals surface area contributed by atoms with Crippen LogP contribution in [0, 0.1) is 11.8 Å². The summed E-state index contributed by atoms with van der Waals surface area (Å²) in [6.07, 6.45) is 2.52.